The molecule has 0 aromatic heterocycles. The Morgan fingerprint density at radius 3 is 2.05 bits per heavy atom. The van der Waals surface area contributed by atoms with Crippen molar-refractivity contribution in [3.8, 4) is 0 Å². The highest BCUT2D eigenvalue weighted by Gasteiger charge is 2.49. The maximum Gasteiger partial charge on any atom is 0.187 e. The molecule has 2 aliphatic heterocycles. The van der Waals surface area contributed by atoms with Crippen LogP contribution in [-0.2, 0) is 14.2 Å². The van der Waals surface area contributed by atoms with E-state index < -0.39 is 68.0 Å². The first-order valence-electron chi connectivity index (χ1n) is 6.93. The Kier molecular flexibility index (Phi) is 5.72. The Labute approximate surface area is 126 Å². The van der Waals surface area contributed by atoms with E-state index in [1.54, 1.807) is 0 Å². The summed E-state index contributed by atoms with van der Waals surface area (Å²) in [5.41, 5.74) is 0. The summed E-state index contributed by atoms with van der Waals surface area (Å²) < 4.78 is 15.3. The van der Waals surface area contributed by atoms with Crippen molar-refractivity contribution in [1.29, 1.82) is 0 Å². The predicted octanol–water partition coefficient (Wildman–Crippen LogP) is -4.37. The van der Waals surface area contributed by atoms with Crippen LogP contribution in [0.2, 0.25) is 0 Å². The van der Waals surface area contributed by atoms with E-state index in [4.69, 9.17) is 19.3 Å². The molecule has 0 aromatic rings. The summed E-state index contributed by atoms with van der Waals surface area (Å²) in [6.45, 7) is 0.823. The van der Waals surface area contributed by atoms with Gasteiger partial charge in [0.1, 0.15) is 42.7 Å². The Balaban J connectivity index is 2.06. The van der Waals surface area contributed by atoms with Crippen molar-refractivity contribution < 1.29 is 50.0 Å². The zero-order chi connectivity index (χ0) is 16.6. The first-order valence-corrected chi connectivity index (χ1v) is 6.93. The molecule has 0 aromatic carbocycles. The summed E-state index contributed by atoms with van der Waals surface area (Å²) in [4.78, 5) is 0. The van der Waals surface area contributed by atoms with Crippen LogP contribution in [0.15, 0.2) is 0 Å². The highest BCUT2D eigenvalue weighted by atomic mass is 16.7. The fraction of sp³-hybridized carbons (Fsp3) is 1.00. The van der Waals surface area contributed by atoms with E-state index >= 15 is 0 Å². The van der Waals surface area contributed by atoms with E-state index in [-0.39, 0.29) is 0 Å². The monoisotopic (exact) mass is 326 g/mol. The molecule has 10 heteroatoms. The second kappa shape index (κ2) is 7.01. The average molecular weight is 326 g/mol. The Morgan fingerprint density at radius 1 is 0.818 bits per heavy atom. The minimum absolute atomic E-state index is 0.619. The van der Waals surface area contributed by atoms with Crippen molar-refractivity contribution in [3.63, 3.8) is 0 Å². The number of ether oxygens (including phenoxy) is 3. The summed E-state index contributed by atoms with van der Waals surface area (Å²) in [6.07, 6.45) is -14.3. The van der Waals surface area contributed by atoms with Crippen LogP contribution in [0.25, 0.3) is 0 Å². The van der Waals surface area contributed by atoms with Gasteiger partial charge in [-0.15, -0.1) is 0 Å². The quantitative estimate of drug-likeness (QED) is 0.269. The van der Waals surface area contributed by atoms with Gasteiger partial charge in [-0.25, -0.2) is 0 Å². The van der Waals surface area contributed by atoms with E-state index in [0.717, 1.165) is 0 Å². The molecule has 2 heterocycles. The van der Waals surface area contributed by atoms with E-state index in [9.17, 15) is 30.6 Å². The molecule has 0 spiro atoms. The summed E-state index contributed by atoms with van der Waals surface area (Å²) in [6, 6.07) is 0. The minimum atomic E-state index is -1.69. The number of rotatable bonds is 3. The van der Waals surface area contributed by atoms with Crippen LogP contribution in [0, 0.1) is 0 Å². The van der Waals surface area contributed by atoms with Gasteiger partial charge in [0.05, 0.1) is 12.7 Å². The van der Waals surface area contributed by atoms with Gasteiger partial charge in [-0.2, -0.15) is 0 Å². The van der Waals surface area contributed by atoms with Crippen LogP contribution in [0.3, 0.4) is 0 Å². The van der Waals surface area contributed by atoms with Crippen LogP contribution in [0.1, 0.15) is 6.92 Å². The van der Waals surface area contributed by atoms with Gasteiger partial charge in [0.25, 0.3) is 0 Å². The first-order chi connectivity index (χ1) is 10.3. The van der Waals surface area contributed by atoms with Gasteiger partial charge in [-0.05, 0) is 6.92 Å². The topological polar surface area (TPSA) is 169 Å². The molecular weight excluding hydrogens is 304 g/mol. The van der Waals surface area contributed by atoms with Crippen molar-refractivity contribution in [3.05, 3.63) is 0 Å². The summed E-state index contributed by atoms with van der Waals surface area (Å²) in [5.74, 6) is 0. The SMILES string of the molecule is C[C@@H]1O[C@H](O[C@H]2[C@@H](O)[C@H](O)[C@@H](CO)O[C@@H]2O)[C@H](O)[C@H](O)[C@H]1O. The lowest BCUT2D eigenvalue weighted by Gasteiger charge is -2.44. The summed E-state index contributed by atoms with van der Waals surface area (Å²) in [5, 5.41) is 67.5. The average Bonchev–Trinajstić information content (AvgIpc) is 2.49. The van der Waals surface area contributed by atoms with Gasteiger partial charge in [0.15, 0.2) is 12.6 Å². The van der Waals surface area contributed by atoms with Crippen LogP contribution >= 0.6 is 0 Å². The molecule has 0 unspecified atom stereocenters. The van der Waals surface area contributed by atoms with Crippen LogP contribution in [-0.4, -0.2) is 104 Å². The molecule has 7 N–H and O–H groups in total. The molecule has 0 bridgehead atoms. The molecule has 2 rings (SSSR count). The standard InChI is InChI=1S/C12H22O10/c1-3-5(14)7(16)9(18)12(20-3)22-10-8(17)6(15)4(2-13)21-11(10)19/h3-19H,2H2,1H3/t3-,4+,5-,6+,7+,8-,9+,10-,11-,12+/m0/s1. The van der Waals surface area contributed by atoms with Gasteiger partial charge < -0.3 is 50.0 Å². The fourth-order valence-electron chi connectivity index (χ4n) is 2.50. The molecule has 130 valence electrons. The molecule has 10 atom stereocenters. The van der Waals surface area contributed by atoms with Crippen molar-refractivity contribution in [2.45, 2.75) is 68.3 Å². The normalized spacial score (nSPS) is 53.5. The Bertz CT molecular complexity index is 368. The number of hydrogen-bond donors (Lipinski definition) is 7. The Hall–Kier alpha value is -0.400. The molecule has 10 nitrogen and oxygen atoms in total. The number of hydrogen-bond acceptors (Lipinski definition) is 10. The van der Waals surface area contributed by atoms with Crippen LogP contribution < -0.4 is 0 Å². The van der Waals surface area contributed by atoms with Gasteiger partial charge in [0.2, 0.25) is 0 Å². The smallest absolute Gasteiger partial charge is 0.187 e. The molecule has 2 aliphatic rings. The minimum Gasteiger partial charge on any atom is -0.394 e. The molecule has 0 saturated carbocycles. The van der Waals surface area contributed by atoms with E-state index in [1.165, 1.54) is 6.92 Å². The van der Waals surface area contributed by atoms with Gasteiger partial charge >= 0.3 is 0 Å². The third kappa shape index (κ3) is 3.26. The molecule has 0 aliphatic carbocycles. The lowest BCUT2D eigenvalue weighted by atomic mass is 9.97. The maximum absolute atomic E-state index is 9.93. The van der Waals surface area contributed by atoms with E-state index in [2.05, 4.69) is 0 Å². The lowest BCUT2D eigenvalue weighted by Crippen LogP contribution is -2.63. The van der Waals surface area contributed by atoms with Gasteiger partial charge in [-0.1, -0.05) is 0 Å². The van der Waals surface area contributed by atoms with Gasteiger partial charge in [0, 0.05) is 0 Å². The van der Waals surface area contributed by atoms with Crippen LogP contribution in [0.5, 0.6) is 0 Å². The molecule has 2 fully saturated rings. The molecule has 2 saturated heterocycles. The van der Waals surface area contributed by atoms with Crippen molar-refractivity contribution in [1.82, 2.24) is 0 Å². The second-order valence-electron chi connectivity index (χ2n) is 5.51. The number of aliphatic hydroxyl groups is 7. The predicted molar refractivity (Wildman–Crippen MR) is 67.2 cm³/mol. The Morgan fingerprint density at radius 2 is 1.45 bits per heavy atom. The van der Waals surface area contributed by atoms with Crippen LogP contribution in [0.4, 0.5) is 0 Å². The van der Waals surface area contributed by atoms with Gasteiger partial charge in [-0.3, -0.25) is 0 Å². The molecule has 22 heavy (non-hydrogen) atoms. The largest absolute Gasteiger partial charge is 0.394 e. The van der Waals surface area contributed by atoms with Crippen molar-refractivity contribution >= 4 is 0 Å². The van der Waals surface area contributed by atoms with E-state index in [0.29, 0.717) is 0 Å². The number of aliphatic hydroxyl groups excluding tert-OH is 7. The van der Waals surface area contributed by atoms with Crippen molar-refractivity contribution in [2.75, 3.05) is 6.61 Å². The lowest BCUT2D eigenvalue weighted by molar-refractivity contribution is -0.358. The summed E-state index contributed by atoms with van der Waals surface area (Å²) in [7, 11) is 0. The van der Waals surface area contributed by atoms with E-state index in [1.807, 2.05) is 0 Å². The fourth-order valence-corrected chi connectivity index (χ4v) is 2.50. The molecule has 0 radical (unpaired) electrons. The zero-order valence-corrected chi connectivity index (χ0v) is 11.8. The highest BCUT2D eigenvalue weighted by Crippen LogP contribution is 2.28. The third-order valence-corrected chi connectivity index (χ3v) is 3.94. The maximum atomic E-state index is 9.93. The first kappa shape index (κ1) is 17.9. The molecule has 0 amide bonds. The summed E-state index contributed by atoms with van der Waals surface area (Å²) >= 11 is 0. The third-order valence-electron chi connectivity index (χ3n) is 3.94. The zero-order valence-electron chi connectivity index (χ0n) is 11.8. The highest BCUT2D eigenvalue weighted by molar-refractivity contribution is 4.92. The van der Waals surface area contributed by atoms with Crippen molar-refractivity contribution in [2.24, 2.45) is 0 Å². The molecular formula is C12H22O10. The second-order valence-corrected chi connectivity index (χ2v) is 5.51.